The van der Waals surface area contributed by atoms with Gasteiger partial charge in [0.05, 0.1) is 34.3 Å². The van der Waals surface area contributed by atoms with Crippen LogP contribution in [0.25, 0.3) is 0 Å². The molecule has 0 saturated heterocycles. The molecule has 0 aromatic heterocycles. The molecule has 3 rings (SSSR count). The maximum atomic E-state index is 13.1. The number of carbonyl (C=O) groups excluding carboxylic acids is 2. The molecule has 0 bridgehead atoms. The topological polar surface area (TPSA) is 145 Å². The van der Waals surface area contributed by atoms with E-state index in [-0.39, 0.29) is 54.6 Å². The summed E-state index contributed by atoms with van der Waals surface area (Å²) in [4.78, 5) is 25.7. The Balaban J connectivity index is 0.00000230. The number of halogens is 12. The number of hydrogen-bond acceptors (Lipinski definition) is 8. The molecule has 275 valence electrons. The molecular formula is C28H24CoF12N2O6. The summed E-state index contributed by atoms with van der Waals surface area (Å²) in [5, 5.41) is 37.5. The zero-order chi connectivity index (χ0) is 37.4. The molecule has 1 aliphatic rings. The Bertz CT molecular complexity index is 1380. The van der Waals surface area contributed by atoms with Gasteiger partial charge in [-0.25, -0.2) is 0 Å². The van der Waals surface area contributed by atoms with Crippen LogP contribution in [-0.2, 0) is 51.1 Å². The SMILES string of the molecule is CC(=O)[O-].CC(=O)[O-].Oc1c(C=NC2CCC(N=Cc3cc(C(F)(F)F)cc(C(F)(F)F)c3O)CC2)cc(C(F)(F)F)cc1C(F)(F)F.[Co+2]. The zero-order valence-corrected chi connectivity index (χ0v) is 25.8. The summed E-state index contributed by atoms with van der Waals surface area (Å²) in [7, 11) is 0. The van der Waals surface area contributed by atoms with E-state index in [0.29, 0.717) is 24.6 Å². The van der Waals surface area contributed by atoms with Gasteiger partial charge >= 0.3 is 41.5 Å². The summed E-state index contributed by atoms with van der Waals surface area (Å²) in [5.74, 6) is -5.05. The van der Waals surface area contributed by atoms with E-state index in [4.69, 9.17) is 19.8 Å². The van der Waals surface area contributed by atoms with Crippen molar-refractivity contribution in [2.45, 2.75) is 76.3 Å². The van der Waals surface area contributed by atoms with Crippen molar-refractivity contribution >= 4 is 24.4 Å². The minimum absolute atomic E-state index is 0. The first-order valence-corrected chi connectivity index (χ1v) is 13.1. The van der Waals surface area contributed by atoms with Gasteiger partial charge in [0, 0.05) is 35.5 Å². The van der Waals surface area contributed by atoms with Crippen LogP contribution >= 0.6 is 0 Å². The molecule has 0 unspecified atom stereocenters. The number of carboxylic acids is 2. The van der Waals surface area contributed by atoms with Gasteiger partial charge in [-0.1, -0.05) is 0 Å². The van der Waals surface area contributed by atoms with Crippen molar-refractivity contribution in [3.63, 3.8) is 0 Å². The number of phenols is 2. The van der Waals surface area contributed by atoms with E-state index in [2.05, 4.69) is 9.98 Å². The minimum atomic E-state index is -5.28. The van der Waals surface area contributed by atoms with Crippen LogP contribution in [-0.4, -0.2) is 46.7 Å². The van der Waals surface area contributed by atoms with Crippen molar-refractivity contribution in [1.82, 2.24) is 0 Å². The predicted molar refractivity (Wildman–Crippen MR) is 139 cm³/mol. The van der Waals surface area contributed by atoms with E-state index < -0.39 is 93.6 Å². The van der Waals surface area contributed by atoms with Crippen LogP contribution in [0.15, 0.2) is 34.3 Å². The molecule has 2 aromatic rings. The van der Waals surface area contributed by atoms with Crippen molar-refractivity contribution in [3.8, 4) is 11.5 Å². The molecule has 49 heavy (non-hydrogen) atoms. The van der Waals surface area contributed by atoms with Crippen LogP contribution in [0.1, 0.15) is 72.9 Å². The van der Waals surface area contributed by atoms with Gasteiger partial charge in [-0.3, -0.25) is 9.98 Å². The molecule has 2 N–H and O–H groups in total. The fourth-order valence-electron chi connectivity index (χ4n) is 4.00. The molecule has 0 atom stereocenters. The molecule has 1 fully saturated rings. The summed E-state index contributed by atoms with van der Waals surface area (Å²) < 4.78 is 157. The number of hydrogen-bond donors (Lipinski definition) is 2. The number of aliphatic imine (C=N–C) groups is 2. The van der Waals surface area contributed by atoms with Gasteiger partial charge in [-0.15, -0.1) is 0 Å². The van der Waals surface area contributed by atoms with E-state index >= 15 is 0 Å². The zero-order valence-electron chi connectivity index (χ0n) is 24.7. The molecule has 0 aliphatic heterocycles. The van der Waals surface area contributed by atoms with Crippen LogP contribution < -0.4 is 10.2 Å². The van der Waals surface area contributed by atoms with Crippen molar-refractivity contribution in [3.05, 3.63) is 57.6 Å². The normalized spacial score (nSPS) is 17.0. The molecule has 0 heterocycles. The minimum Gasteiger partial charge on any atom is -0.550 e. The summed E-state index contributed by atoms with van der Waals surface area (Å²) in [6.45, 7) is 1.94. The number of nitrogens with zero attached hydrogens (tertiary/aromatic N) is 2. The number of alkyl halides is 12. The molecule has 1 aliphatic carbocycles. The molecular weight excluding hydrogens is 747 g/mol. The van der Waals surface area contributed by atoms with Crippen molar-refractivity contribution < 1.29 is 99.5 Å². The first-order chi connectivity index (χ1) is 21.6. The Morgan fingerprint density at radius 2 is 0.857 bits per heavy atom. The average molecular weight is 771 g/mol. The molecule has 21 heteroatoms. The van der Waals surface area contributed by atoms with E-state index in [1.165, 1.54) is 0 Å². The summed E-state index contributed by atoms with van der Waals surface area (Å²) in [5.41, 5.74) is -8.72. The third-order valence-corrected chi connectivity index (χ3v) is 6.06. The predicted octanol–water partition coefficient (Wildman–Crippen LogP) is 5.53. The average Bonchev–Trinajstić information content (AvgIpc) is 2.89. The van der Waals surface area contributed by atoms with Gasteiger partial charge in [-0.05, 0) is 63.8 Å². The molecule has 2 aromatic carbocycles. The Morgan fingerprint density at radius 3 is 1.06 bits per heavy atom. The molecule has 1 saturated carbocycles. The third-order valence-electron chi connectivity index (χ3n) is 6.06. The third kappa shape index (κ3) is 15.0. The number of phenolic OH excluding ortho intramolecular Hbond substituents is 2. The maximum absolute atomic E-state index is 13.1. The number of aromatic hydroxyl groups is 2. The van der Waals surface area contributed by atoms with Crippen molar-refractivity contribution in [2.24, 2.45) is 9.98 Å². The van der Waals surface area contributed by atoms with Gasteiger partial charge in [0.2, 0.25) is 0 Å². The van der Waals surface area contributed by atoms with Crippen LogP contribution in [0.5, 0.6) is 11.5 Å². The summed E-state index contributed by atoms with van der Waals surface area (Å²) in [6.07, 6.45) is -18.8. The standard InChI is InChI=1S/C24H18F12N2O2.2C2H4O2.Co/c25-21(26,27)13-5-11(19(39)17(7-13)23(31,32)33)9-37-15-1-2-16(4-3-15)38-10-12-6-14(22(28,29)30)8-18(20(12)40)24(34,35)36;2*1-2(3)4;/h5-10,15-16,39-40H,1-4H2;2*1H3,(H,3,4);/q;;;+2/p-2. The molecule has 8 nitrogen and oxygen atoms in total. The van der Waals surface area contributed by atoms with Crippen LogP contribution in [0.2, 0.25) is 0 Å². The van der Waals surface area contributed by atoms with E-state index in [1.807, 2.05) is 0 Å². The number of carbonyl (C=O) groups is 2. The second-order valence-corrected chi connectivity index (χ2v) is 9.92. The fraction of sp³-hybridized carbons (Fsp3) is 0.429. The first-order valence-electron chi connectivity index (χ1n) is 13.1. The van der Waals surface area contributed by atoms with Gasteiger partial charge in [0.25, 0.3) is 0 Å². The number of benzene rings is 2. The van der Waals surface area contributed by atoms with Crippen LogP contribution in [0.4, 0.5) is 52.7 Å². The Hall–Kier alpha value is -4.01. The van der Waals surface area contributed by atoms with Gasteiger partial charge in [0.1, 0.15) is 11.5 Å². The maximum Gasteiger partial charge on any atom is 2.00 e. The Kier molecular flexibility index (Phi) is 16.1. The molecule has 0 amide bonds. The summed E-state index contributed by atoms with van der Waals surface area (Å²) >= 11 is 0. The van der Waals surface area contributed by atoms with E-state index in [1.54, 1.807) is 0 Å². The molecule has 0 spiro atoms. The largest absolute Gasteiger partial charge is 2.00 e. The molecule has 1 radical (unpaired) electrons. The number of carboxylic acid groups (broad SMARTS) is 2. The van der Waals surface area contributed by atoms with Gasteiger partial charge in [-0.2, -0.15) is 52.7 Å². The van der Waals surface area contributed by atoms with Gasteiger partial charge < -0.3 is 30.0 Å². The smallest absolute Gasteiger partial charge is 0.550 e. The quantitative estimate of drug-likeness (QED) is 0.309. The second-order valence-electron chi connectivity index (χ2n) is 9.92. The van der Waals surface area contributed by atoms with E-state index in [9.17, 15) is 62.9 Å². The fourth-order valence-corrected chi connectivity index (χ4v) is 4.00. The summed E-state index contributed by atoms with van der Waals surface area (Å²) in [6, 6.07) is -1.10. The number of rotatable bonds is 4. The van der Waals surface area contributed by atoms with Crippen molar-refractivity contribution in [2.75, 3.05) is 0 Å². The van der Waals surface area contributed by atoms with Gasteiger partial charge in [0.15, 0.2) is 0 Å². The van der Waals surface area contributed by atoms with E-state index in [0.717, 1.165) is 13.8 Å². The number of aliphatic carboxylic acids is 2. The Labute approximate surface area is 279 Å². The van der Waals surface area contributed by atoms with Crippen LogP contribution in [0, 0.1) is 0 Å². The second kappa shape index (κ2) is 17.6. The Morgan fingerprint density at radius 1 is 0.612 bits per heavy atom. The van der Waals surface area contributed by atoms with Crippen LogP contribution in [0.3, 0.4) is 0 Å². The van der Waals surface area contributed by atoms with Crippen molar-refractivity contribution in [1.29, 1.82) is 0 Å². The first kappa shape index (κ1) is 45.0. The monoisotopic (exact) mass is 771 g/mol.